The van der Waals surface area contributed by atoms with Crippen LogP contribution < -0.4 is 4.74 Å². The zero-order chi connectivity index (χ0) is 13.0. The number of esters is 1. The lowest BCUT2D eigenvalue weighted by Crippen LogP contribution is -2.02. The molecule has 0 aliphatic carbocycles. The molecule has 0 radical (unpaired) electrons. The van der Waals surface area contributed by atoms with Gasteiger partial charge in [-0.25, -0.2) is 0 Å². The van der Waals surface area contributed by atoms with Gasteiger partial charge in [0.1, 0.15) is 5.75 Å². The average Bonchev–Trinajstić information content (AvgIpc) is 2.39. The van der Waals surface area contributed by atoms with Gasteiger partial charge in [0.15, 0.2) is 0 Å². The SMILES string of the molecule is CC(=O)Oc1ccccc1-c1ccccc1CBr. The summed E-state index contributed by atoms with van der Waals surface area (Å²) in [5.41, 5.74) is 3.17. The minimum absolute atomic E-state index is 0.307. The molecule has 2 aromatic carbocycles. The molecule has 0 aliphatic heterocycles. The number of hydrogen-bond donors (Lipinski definition) is 0. The fraction of sp³-hybridized carbons (Fsp3) is 0.133. The molecule has 0 bridgehead atoms. The molecule has 0 atom stereocenters. The normalized spacial score (nSPS) is 10.1. The maximum Gasteiger partial charge on any atom is 0.308 e. The van der Waals surface area contributed by atoms with E-state index in [-0.39, 0.29) is 5.97 Å². The van der Waals surface area contributed by atoms with Crippen molar-refractivity contribution in [1.29, 1.82) is 0 Å². The largest absolute Gasteiger partial charge is 0.426 e. The van der Waals surface area contributed by atoms with Crippen molar-refractivity contribution in [2.45, 2.75) is 12.3 Å². The second-order valence-electron chi connectivity index (χ2n) is 3.88. The van der Waals surface area contributed by atoms with E-state index in [1.165, 1.54) is 6.92 Å². The van der Waals surface area contributed by atoms with E-state index in [1.54, 1.807) is 0 Å². The van der Waals surface area contributed by atoms with Crippen LogP contribution in [0.4, 0.5) is 0 Å². The topological polar surface area (TPSA) is 26.3 Å². The minimum atomic E-state index is -0.307. The summed E-state index contributed by atoms with van der Waals surface area (Å²) >= 11 is 3.47. The van der Waals surface area contributed by atoms with Crippen LogP contribution in [-0.4, -0.2) is 5.97 Å². The Bertz CT molecular complexity index is 564. The first-order valence-electron chi connectivity index (χ1n) is 5.64. The molecule has 3 heteroatoms. The Morgan fingerprint density at radius 3 is 2.33 bits per heavy atom. The molecule has 0 aliphatic rings. The van der Waals surface area contributed by atoms with E-state index in [0.717, 1.165) is 22.0 Å². The molecule has 0 heterocycles. The Labute approximate surface area is 115 Å². The van der Waals surface area contributed by atoms with Crippen LogP contribution in [0.3, 0.4) is 0 Å². The predicted octanol–water partition coefficient (Wildman–Crippen LogP) is 4.17. The highest BCUT2D eigenvalue weighted by Crippen LogP contribution is 2.33. The Hall–Kier alpha value is -1.61. The molecule has 18 heavy (non-hydrogen) atoms. The predicted molar refractivity (Wildman–Crippen MR) is 75.8 cm³/mol. The molecule has 0 N–H and O–H groups in total. The van der Waals surface area contributed by atoms with E-state index < -0.39 is 0 Å². The first-order valence-corrected chi connectivity index (χ1v) is 6.76. The number of carbonyl (C=O) groups is 1. The minimum Gasteiger partial charge on any atom is -0.426 e. The quantitative estimate of drug-likeness (QED) is 0.483. The number of carbonyl (C=O) groups excluding carboxylic acids is 1. The summed E-state index contributed by atoms with van der Waals surface area (Å²) in [6.07, 6.45) is 0. The summed E-state index contributed by atoms with van der Waals surface area (Å²) in [6, 6.07) is 15.6. The molecule has 0 unspecified atom stereocenters. The zero-order valence-electron chi connectivity index (χ0n) is 10.0. The van der Waals surface area contributed by atoms with Crippen molar-refractivity contribution in [3.63, 3.8) is 0 Å². The Kier molecular flexibility index (Phi) is 4.15. The smallest absolute Gasteiger partial charge is 0.308 e. The highest BCUT2D eigenvalue weighted by Gasteiger charge is 2.10. The van der Waals surface area contributed by atoms with Crippen molar-refractivity contribution >= 4 is 21.9 Å². The first-order chi connectivity index (χ1) is 8.72. The molecule has 0 fully saturated rings. The van der Waals surface area contributed by atoms with Crippen LogP contribution in [-0.2, 0) is 10.1 Å². The van der Waals surface area contributed by atoms with Gasteiger partial charge in [-0.15, -0.1) is 0 Å². The van der Waals surface area contributed by atoms with E-state index in [9.17, 15) is 4.79 Å². The average molecular weight is 305 g/mol. The van der Waals surface area contributed by atoms with E-state index in [1.807, 2.05) is 42.5 Å². The maximum absolute atomic E-state index is 11.1. The third kappa shape index (κ3) is 2.79. The molecule has 0 spiro atoms. The number of ether oxygens (including phenoxy) is 1. The molecule has 2 rings (SSSR count). The van der Waals surface area contributed by atoms with Gasteiger partial charge in [0.05, 0.1) is 0 Å². The van der Waals surface area contributed by atoms with Crippen LogP contribution in [0, 0.1) is 0 Å². The van der Waals surface area contributed by atoms with Crippen molar-refractivity contribution < 1.29 is 9.53 Å². The number of alkyl halides is 1. The second-order valence-corrected chi connectivity index (χ2v) is 4.44. The number of para-hydroxylation sites is 1. The van der Waals surface area contributed by atoms with E-state index >= 15 is 0 Å². The van der Waals surface area contributed by atoms with Crippen molar-refractivity contribution in [2.24, 2.45) is 0 Å². The fourth-order valence-corrected chi connectivity index (χ4v) is 2.32. The van der Waals surface area contributed by atoms with Crippen LogP contribution in [0.5, 0.6) is 5.75 Å². The molecule has 0 aromatic heterocycles. The van der Waals surface area contributed by atoms with Crippen molar-refractivity contribution in [1.82, 2.24) is 0 Å². The van der Waals surface area contributed by atoms with Crippen LogP contribution >= 0.6 is 15.9 Å². The van der Waals surface area contributed by atoms with Gasteiger partial charge in [-0.1, -0.05) is 58.4 Å². The fourth-order valence-electron chi connectivity index (χ4n) is 1.83. The highest BCUT2D eigenvalue weighted by molar-refractivity contribution is 9.08. The van der Waals surface area contributed by atoms with Crippen molar-refractivity contribution in [3.05, 3.63) is 54.1 Å². The summed E-state index contributed by atoms with van der Waals surface area (Å²) in [6.45, 7) is 1.41. The molecular weight excluding hydrogens is 292 g/mol. The first kappa shape index (κ1) is 12.8. The second kappa shape index (κ2) is 5.83. The summed E-state index contributed by atoms with van der Waals surface area (Å²) in [5.74, 6) is 0.289. The molecule has 2 nitrogen and oxygen atoms in total. The van der Waals surface area contributed by atoms with Crippen LogP contribution in [0.2, 0.25) is 0 Å². The third-order valence-corrected chi connectivity index (χ3v) is 3.20. The molecule has 2 aromatic rings. The molecule has 0 saturated heterocycles. The Balaban J connectivity index is 2.53. The monoisotopic (exact) mass is 304 g/mol. The Morgan fingerprint density at radius 2 is 1.67 bits per heavy atom. The molecule has 92 valence electrons. The van der Waals surface area contributed by atoms with Gasteiger partial charge in [0.2, 0.25) is 0 Å². The van der Waals surface area contributed by atoms with Crippen LogP contribution in [0.1, 0.15) is 12.5 Å². The number of rotatable bonds is 3. The zero-order valence-corrected chi connectivity index (χ0v) is 11.6. The number of hydrogen-bond acceptors (Lipinski definition) is 2. The third-order valence-electron chi connectivity index (χ3n) is 2.59. The maximum atomic E-state index is 11.1. The van der Waals surface area contributed by atoms with E-state index in [0.29, 0.717) is 5.75 Å². The number of halogens is 1. The van der Waals surface area contributed by atoms with Gasteiger partial charge >= 0.3 is 5.97 Å². The van der Waals surface area contributed by atoms with Gasteiger partial charge in [-0.2, -0.15) is 0 Å². The summed E-state index contributed by atoms with van der Waals surface area (Å²) in [5, 5.41) is 0.761. The lowest BCUT2D eigenvalue weighted by molar-refractivity contribution is -0.131. The highest BCUT2D eigenvalue weighted by atomic mass is 79.9. The standard InChI is InChI=1S/C15H13BrO2/c1-11(17)18-15-9-5-4-8-14(15)13-7-3-2-6-12(13)10-16/h2-9H,10H2,1H3. The van der Waals surface area contributed by atoms with Crippen molar-refractivity contribution in [2.75, 3.05) is 0 Å². The van der Waals surface area contributed by atoms with Gasteiger partial charge in [-0.05, 0) is 17.2 Å². The van der Waals surface area contributed by atoms with Crippen LogP contribution in [0.25, 0.3) is 11.1 Å². The Morgan fingerprint density at radius 1 is 1.06 bits per heavy atom. The summed E-state index contributed by atoms with van der Waals surface area (Å²) in [7, 11) is 0. The molecule has 0 saturated carbocycles. The van der Waals surface area contributed by atoms with Crippen molar-refractivity contribution in [3.8, 4) is 16.9 Å². The van der Waals surface area contributed by atoms with E-state index in [4.69, 9.17) is 4.74 Å². The molecule has 0 amide bonds. The molecular formula is C15H13BrO2. The van der Waals surface area contributed by atoms with Gasteiger partial charge in [-0.3, -0.25) is 4.79 Å². The van der Waals surface area contributed by atoms with Gasteiger partial charge in [0, 0.05) is 17.8 Å². The van der Waals surface area contributed by atoms with Gasteiger partial charge in [0.25, 0.3) is 0 Å². The summed E-state index contributed by atoms with van der Waals surface area (Å²) in [4.78, 5) is 11.1. The summed E-state index contributed by atoms with van der Waals surface area (Å²) < 4.78 is 5.25. The van der Waals surface area contributed by atoms with E-state index in [2.05, 4.69) is 22.0 Å². The number of benzene rings is 2. The lowest BCUT2D eigenvalue weighted by atomic mass is 10.00. The van der Waals surface area contributed by atoms with Gasteiger partial charge < -0.3 is 4.74 Å². The lowest BCUT2D eigenvalue weighted by Gasteiger charge is -2.11. The van der Waals surface area contributed by atoms with Crippen LogP contribution in [0.15, 0.2) is 48.5 Å².